The lowest BCUT2D eigenvalue weighted by Crippen LogP contribution is -2.61. The molecule has 188 valence electrons. The molecule has 1 fully saturated rings. The summed E-state index contributed by atoms with van der Waals surface area (Å²) in [6.07, 6.45) is 1.63. The number of likely N-dealkylation sites (N-methyl/N-ethyl adjacent to an activating group) is 1. The van der Waals surface area contributed by atoms with Crippen LogP contribution in [-0.2, 0) is 11.2 Å². The lowest BCUT2D eigenvalue weighted by molar-refractivity contribution is 0.0617. The van der Waals surface area contributed by atoms with E-state index in [4.69, 9.17) is 4.74 Å². The van der Waals surface area contributed by atoms with Gasteiger partial charge in [-0.3, -0.25) is 19.3 Å². The maximum Gasteiger partial charge on any atom is 0.278 e. The molecule has 1 amide bonds. The number of pyridine rings is 1. The summed E-state index contributed by atoms with van der Waals surface area (Å²) in [5, 5.41) is 21.5. The van der Waals surface area contributed by atoms with E-state index in [2.05, 4.69) is 16.8 Å². The molecule has 0 aliphatic carbocycles. The predicted molar refractivity (Wildman–Crippen MR) is 129 cm³/mol. The number of carbonyl (C=O) groups excluding carboxylic acids is 1. The van der Waals surface area contributed by atoms with Gasteiger partial charge < -0.3 is 14.7 Å². The molecule has 0 spiro atoms. The predicted octanol–water partition coefficient (Wildman–Crippen LogP) is 2.66. The van der Waals surface area contributed by atoms with Gasteiger partial charge in [0.1, 0.15) is 22.8 Å². The Hall–Kier alpha value is -3.64. The quantitative estimate of drug-likeness (QED) is 0.504. The van der Waals surface area contributed by atoms with Crippen LogP contribution in [0.5, 0.6) is 5.75 Å². The highest BCUT2D eigenvalue weighted by Crippen LogP contribution is 2.37. The molecule has 4 heterocycles. The van der Waals surface area contributed by atoms with E-state index in [1.165, 1.54) is 16.9 Å². The summed E-state index contributed by atoms with van der Waals surface area (Å²) < 4.78 is 34.2. The highest BCUT2D eigenvalue weighted by molar-refractivity contribution is 7.14. The van der Waals surface area contributed by atoms with E-state index in [0.29, 0.717) is 24.6 Å². The number of hydrogen-bond donors (Lipinski definition) is 1. The van der Waals surface area contributed by atoms with Crippen molar-refractivity contribution < 1.29 is 23.4 Å². The number of amides is 1. The average molecular weight is 516 g/mol. The molecule has 36 heavy (non-hydrogen) atoms. The molecule has 2 aliphatic rings. The Morgan fingerprint density at radius 1 is 1.28 bits per heavy atom. The molecule has 1 saturated heterocycles. The lowest BCUT2D eigenvalue weighted by Gasteiger charge is -2.45. The number of fused-ring (bicyclic) bond motifs is 3. The summed E-state index contributed by atoms with van der Waals surface area (Å²) in [7, 11) is 1.57. The van der Waals surface area contributed by atoms with E-state index < -0.39 is 34.9 Å². The largest absolute Gasteiger partial charge is 0.502 e. The smallest absolute Gasteiger partial charge is 0.278 e. The number of ether oxygens (including phenoxy) is 1. The number of carbonyl (C=O) groups is 1. The van der Waals surface area contributed by atoms with Crippen molar-refractivity contribution in [1.82, 2.24) is 19.8 Å². The number of aromatic nitrogens is 3. The standard InChI is InChI=1S/C24H23F2N5O4S/c1-4-29-23-12(2)7-15(11-35-3)31(23)30-10-16(20(32)21(33)19(30)24(29)34)22-28-27-18(36-22)8-13-5-6-14(25)9-17(13)26/h5-6,9-10,15,23,33H,2,4,7-8,11H2,1,3H3/t15-,23-/m0/s1. The van der Waals surface area contributed by atoms with Crippen molar-refractivity contribution in [2.24, 2.45) is 0 Å². The van der Waals surface area contributed by atoms with Gasteiger partial charge in [0.25, 0.3) is 5.91 Å². The SMILES string of the molecule is C=C1C[C@@H](COC)N2[C@@H]1N(CC)C(=O)c1c(O)c(=O)c(-c3nnc(Cc4ccc(F)cc4F)s3)cn12. The van der Waals surface area contributed by atoms with Gasteiger partial charge in [-0.1, -0.05) is 24.0 Å². The fourth-order valence-corrected chi connectivity index (χ4v) is 5.69. The monoisotopic (exact) mass is 515 g/mol. The van der Waals surface area contributed by atoms with E-state index in [1.54, 1.807) is 12.0 Å². The molecule has 0 unspecified atom stereocenters. The molecular weight excluding hydrogens is 492 g/mol. The van der Waals surface area contributed by atoms with Crippen LogP contribution in [0.3, 0.4) is 0 Å². The topological polar surface area (TPSA) is 101 Å². The van der Waals surface area contributed by atoms with Crippen LogP contribution in [0.2, 0.25) is 0 Å². The minimum atomic E-state index is -0.763. The summed E-state index contributed by atoms with van der Waals surface area (Å²) in [5.41, 5.74) is 0.189. The van der Waals surface area contributed by atoms with Crippen LogP contribution in [-0.4, -0.2) is 63.3 Å². The van der Waals surface area contributed by atoms with Crippen molar-refractivity contribution in [2.75, 3.05) is 25.3 Å². The average Bonchev–Trinajstić information content (AvgIpc) is 3.43. The Morgan fingerprint density at radius 2 is 2.06 bits per heavy atom. The number of hydrogen-bond acceptors (Lipinski definition) is 8. The van der Waals surface area contributed by atoms with Crippen LogP contribution < -0.4 is 10.4 Å². The van der Waals surface area contributed by atoms with E-state index in [-0.39, 0.29) is 34.3 Å². The Balaban J connectivity index is 1.59. The molecule has 0 radical (unpaired) electrons. The summed E-state index contributed by atoms with van der Waals surface area (Å²) >= 11 is 1.05. The zero-order chi connectivity index (χ0) is 25.7. The highest BCUT2D eigenvalue weighted by atomic mass is 32.1. The third-order valence-electron chi connectivity index (χ3n) is 6.41. The molecule has 1 N–H and O–H groups in total. The molecule has 0 bridgehead atoms. The number of rotatable bonds is 6. The molecule has 0 saturated carbocycles. The first-order valence-corrected chi connectivity index (χ1v) is 12.1. The van der Waals surface area contributed by atoms with Crippen LogP contribution in [0.25, 0.3) is 10.6 Å². The molecule has 3 aromatic rings. The first-order valence-electron chi connectivity index (χ1n) is 11.3. The molecule has 9 nitrogen and oxygen atoms in total. The van der Waals surface area contributed by atoms with Crippen LogP contribution >= 0.6 is 11.3 Å². The molecule has 12 heteroatoms. The van der Waals surface area contributed by atoms with Gasteiger partial charge in [0.15, 0.2) is 16.5 Å². The van der Waals surface area contributed by atoms with Crippen molar-refractivity contribution in [3.8, 4) is 16.3 Å². The summed E-state index contributed by atoms with van der Waals surface area (Å²) in [6.45, 7) is 6.67. The second kappa shape index (κ2) is 9.10. The molecule has 2 aromatic heterocycles. The van der Waals surface area contributed by atoms with Gasteiger partial charge in [-0.15, -0.1) is 10.2 Å². The van der Waals surface area contributed by atoms with Crippen LogP contribution in [0.15, 0.2) is 41.3 Å². The number of aromatic hydroxyl groups is 1. The summed E-state index contributed by atoms with van der Waals surface area (Å²) in [5.74, 6) is -2.56. The molecule has 2 aliphatic heterocycles. The van der Waals surface area contributed by atoms with Gasteiger partial charge in [0, 0.05) is 32.3 Å². The Bertz CT molecular complexity index is 1440. The zero-order valence-corrected chi connectivity index (χ0v) is 20.4. The van der Waals surface area contributed by atoms with Crippen molar-refractivity contribution in [1.29, 1.82) is 0 Å². The van der Waals surface area contributed by atoms with Gasteiger partial charge in [-0.05, 0) is 30.5 Å². The molecule has 1 aromatic carbocycles. The second-order valence-corrected chi connectivity index (χ2v) is 9.71. The normalized spacial score (nSPS) is 19.1. The Labute approximate surface area is 208 Å². The van der Waals surface area contributed by atoms with Gasteiger partial charge >= 0.3 is 0 Å². The number of benzene rings is 1. The van der Waals surface area contributed by atoms with Crippen molar-refractivity contribution in [2.45, 2.75) is 32.0 Å². The maximum atomic E-state index is 14.1. The Morgan fingerprint density at radius 3 is 2.75 bits per heavy atom. The maximum absolute atomic E-state index is 14.1. The fourth-order valence-electron chi connectivity index (χ4n) is 4.82. The summed E-state index contributed by atoms with van der Waals surface area (Å²) in [4.78, 5) is 28.0. The van der Waals surface area contributed by atoms with Gasteiger partial charge in [0.05, 0.1) is 18.2 Å². The van der Waals surface area contributed by atoms with Crippen molar-refractivity contribution in [3.05, 3.63) is 74.7 Å². The van der Waals surface area contributed by atoms with Gasteiger partial charge in [-0.25, -0.2) is 8.78 Å². The van der Waals surface area contributed by atoms with E-state index in [0.717, 1.165) is 29.0 Å². The van der Waals surface area contributed by atoms with Crippen LogP contribution in [0.1, 0.15) is 34.4 Å². The first kappa shape index (κ1) is 24.1. The van der Waals surface area contributed by atoms with Gasteiger partial charge in [0.2, 0.25) is 5.43 Å². The number of methoxy groups -OCH3 is 1. The molecule has 2 atom stereocenters. The van der Waals surface area contributed by atoms with E-state index >= 15 is 0 Å². The Kier molecular flexibility index (Phi) is 6.08. The van der Waals surface area contributed by atoms with Crippen LogP contribution in [0.4, 0.5) is 8.78 Å². The number of nitrogens with zero attached hydrogens (tertiary/aromatic N) is 5. The number of halogens is 2. The fraction of sp³-hybridized carbons (Fsp3) is 0.333. The van der Waals surface area contributed by atoms with Crippen molar-refractivity contribution in [3.63, 3.8) is 0 Å². The van der Waals surface area contributed by atoms with Crippen LogP contribution in [0, 0.1) is 11.6 Å². The minimum Gasteiger partial charge on any atom is -0.502 e. The minimum absolute atomic E-state index is 0.0461. The first-order chi connectivity index (χ1) is 17.2. The summed E-state index contributed by atoms with van der Waals surface area (Å²) in [6, 6.07) is 3.09. The molecular formula is C24H23F2N5O4S. The van der Waals surface area contributed by atoms with Crippen molar-refractivity contribution >= 4 is 17.2 Å². The third-order valence-corrected chi connectivity index (χ3v) is 7.37. The zero-order valence-electron chi connectivity index (χ0n) is 19.6. The lowest BCUT2D eigenvalue weighted by atomic mass is 10.1. The van der Waals surface area contributed by atoms with Gasteiger partial charge in [-0.2, -0.15) is 0 Å². The molecule has 5 rings (SSSR count). The highest BCUT2D eigenvalue weighted by Gasteiger charge is 2.47. The van der Waals surface area contributed by atoms with E-state index in [1.807, 2.05) is 11.9 Å². The second-order valence-electron chi connectivity index (χ2n) is 8.64. The third kappa shape index (κ3) is 3.77. The van der Waals surface area contributed by atoms with E-state index in [9.17, 15) is 23.5 Å².